The summed E-state index contributed by atoms with van der Waals surface area (Å²) in [7, 11) is 1.64. The van der Waals surface area contributed by atoms with Crippen LogP contribution in [0.1, 0.15) is 11.1 Å². The van der Waals surface area contributed by atoms with Gasteiger partial charge in [-0.2, -0.15) is 0 Å². The lowest BCUT2D eigenvalue weighted by Crippen LogP contribution is -2.19. The first-order valence-corrected chi connectivity index (χ1v) is 7.73. The molecule has 0 bridgehead atoms. The van der Waals surface area contributed by atoms with Crippen molar-refractivity contribution in [2.75, 3.05) is 12.4 Å². The van der Waals surface area contributed by atoms with E-state index in [1.807, 2.05) is 42.5 Å². The monoisotopic (exact) mass is 366 g/mol. The zero-order chi connectivity index (χ0) is 15.2. The summed E-state index contributed by atoms with van der Waals surface area (Å²) in [5.41, 5.74) is 3.09. The van der Waals surface area contributed by atoms with E-state index in [-0.39, 0.29) is 5.91 Å². The average molecular weight is 368 g/mol. The van der Waals surface area contributed by atoms with Crippen molar-refractivity contribution in [2.24, 2.45) is 0 Å². The SMILES string of the molecule is CNC(=O)Cc1ccc(NCc2cc(Cl)ccc2Br)cc1. The minimum atomic E-state index is 0.0126. The van der Waals surface area contributed by atoms with E-state index in [1.54, 1.807) is 7.05 Å². The van der Waals surface area contributed by atoms with Gasteiger partial charge in [-0.05, 0) is 41.5 Å². The number of likely N-dealkylation sites (N-methyl/N-ethyl adjacent to an activating group) is 1. The molecule has 0 radical (unpaired) electrons. The van der Waals surface area contributed by atoms with Crippen LogP contribution in [0.2, 0.25) is 5.02 Å². The maximum atomic E-state index is 11.3. The Balaban J connectivity index is 1.97. The molecular weight excluding hydrogens is 352 g/mol. The van der Waals surface area contributed by atoms with E-state index in [0.29, 0.717) is 13.0 Å². The molecule has 110 valence electrons. The molecule has 2 N–H and O–H groups in total. The van der Waals surface area contributed by atoms with Gasteiger partial charge in [-0.3, -0.25) is 4.79 Å². The highest BCUT2D eigenvalue weighted by molar-refractivity contribution is 9.10. The Bertz CT molecular complexity index is 629. The fraction of sp³-hybridized carbons (Fsp3) is 0.188. The van der Waals surface area contributed by atoms with Gasteiger partial charge in [-0.15, -0.1) is 0 Å². The van der Waals surface area contributed by atoms with Gasteiger partial charge in [0, 0.05) is 28.8 Å². The number of hydrogen-bond acceptors (Lipinski definition) is 2. The molecule has 0 saturated carbocycles. The molecule has 0 fully saturated rings. The second-order valence-corrected chi connectivity index (χ2v) is 5.93. The smallest absolute Gasteiger partial charge is 0.224 e. The predicted octanol–water partition coefficient (Wildman–Crippen LogP) is 4.00. The Kier molecular flexibility index (Phi) is 5.65. The van der Waals surface area contributed by atoms with Crippen molar-refractivity contribution in [3.63, 3.8) is 0 Å². The molecule has 0 spiro atoms. The topological polar surface area (TPSA) is 41.1 Å². The highest BCUT2D eigenvalue weighted by Crippen LogP contribution is 2.22. The van der Waals surface area contributed by atoms with E-state index in [9.17, 15) is 4.79 Å². The second-order valence-electron chi connectivity index (χ2n) is 4.64. The number of carbonyl (C=O) groups is 1. The van der Waals surface area contributed by atoms with Crippen LogP contribution in [-0.4, -0.2) is 13.0 Å². The third-order valence-electron chi connectivity index (χ3n) is 3.09. The normalized spacial score (nSPS) is 10.2. The summed E-state index contributed by atoms with van der Waals surface area (Å²) in [5, 5.41) is 6.67. The van der Waals surface area contributed by atoms with Crippen molar-refractivity contribution < 1.29 is 4.79 Å². The Morgan fingerprint density at radius 3 is 2.57 bits per heavy atom. The number of amides is 1. The molecule has 0 aliphatic rings. The number of carbonyl (C=O) groups excluding carboxylic acids is 1. The van der Waals surface area contributed by atoms with E-state index in [4.69, 9.17) is 11.6 Å². The van der Waals surface area contributed by atoms with Crippen LogP contribution in [0.3, 0.4) is 0 Å². The van der Waals surface area contributed by atoms with E-state index in [0.717, 1.165) is 26.3 Å². The molecular formula is C16H16BrClN2O. The van der Waals surface area contributed by atoms with Crippen molar-refractivity contribution in [3.05, 3.63) is 63.1 Å². The van der Waals surface area contributed by atoms with Crippen molar-refractivity contribution in [2.45, 2.75) is 13.0 Å². The van der Waals surface area contributed by atoms with Crippen molar-refractivity contribution in [1.82, 2.24) is 5.32 Å². The molecule has 21 heavy (non-hydrogen) atoms. The van der Waals surface area contributed by atoms with Crippen LogP contribution < -0.4 is 10.6 Å². The number of nitrogens with one attached hydrogen (secondary N) is 2. The quantitative estimate of drug-likeness (QED) is 0.838. The first-order valence-electron chi connectivity index (χ1n) is 6.56. The lowest BCUT2D eigenvalue weighted by molar-refractivity contribution is -0.119. The fourth-order valence-electron chi connectivity index (χ4n) is 1.89. The largest absolute Gasteiger partial charge is 0.381 e. The number of benzene rings is 2. The molecule has 2 aromatic carbocycles. The van der Waals surface area contributed by atoms with E-state index < -0.39 is 0 Å². The number of anilines is 1. The van der Waals surface area contributed by atoms with Gasteiger partial charge in [0.15, 0.2) is 0 Å². The summed E-state index contributed by atoms with van der Waals surface area (Å²) in [6, 6.07) is 13.6. The third kappa shape index (κ3) is 4.76. The van der Waals surface area contributed by atoms with E-state index in [2.05, 4.69) is 26.6 Å². The highest BCUT2D eigenvalue weighted by Gasteiger charge is 2.03. The van der Waals surface area contributed by atoms with E-state index >= 15 is 0 Å². The van der Waals surface area contributed by atoms with Gasteiger partial charge in [0.1, 0.15) is 0 Å². The van der Waals surface area contributed by atoms with Crippen LogP contribution in [0.4, 0.5) is 5.69 Å². The Morgan fingerprint density at radius 2 is 1.90 bits per heavy atom. The Morgan fingerprint density at radius 1 is 1.19 bits per heavy atom. The summed E-state index contributed by atoms with van der Waals surface area (Å²) in [4.78, 5) is 11.3. The fourth-order valence-corrected chi connectivity index (χ4v) is 2.47. The van der Waals surface area contributed by atoms with E-state index in [1.165, 1.54) is 0 Å². The lowest BCUT2D eigenvalue weighted by atomic mass is 10.1. The summed E-state index contributed by atoms with van der Waals surface area (Å²) in [6.07, 6.45) is 0.399. The minimum absolute atomic E-state index is 0.0126. The molecule has 0 heterocycles. The summed E-state index contributed by atoms with van der Waals surface area (Å²) >= 11 is 9.50. The molecule has 0 aromatic heterocycles. The van der Waals surface area contributed by atoms with Gasteiger partial charge in [0.25, 0.3) is 0 Å². The van der Waals surface area contributed by atoms with Gasteiger partial charge >= 0.3 is 0 Å². The maximum absolute atomic E-state index is 11.3. The zero-order valence-electron chi connectivity index (χ0n) is 11.6. The molecule has 3 nitrogen and oxygen atoms in total. The summed E-state index contributed by atoms with van der Waals surface area (Å²) in [5.74, 6) is 0.0126. The number of rotatable bonds is 5. The van der Waals surface area contributed by atoms with Crippen LogP contribution in [0, 0.1) is 0 Å². The van der Waals surface area contributed by atoms with Crippen molar-refractivity contribution in [1.29, 1.82) is 0 Å². The van der Waals surface area contributed by atoms with Gasteiger partial charge in [0.05, 0.1) is 6.42 Å². The molecule has 2 aromatic rings. The van der Waals surface area contributed by atoms with Crippen LogP contribution in [0.5, 0.6) is 0 Å². The van der Waals surface area contributed by atoms with Gasteiger partial charge < -0.3 is 10.6 Å². The van der Waals surface area contributed by atoms with Gasteiger partial charge in [-0.1, -0.05) is 39.7 Å². The molecule has 0 saturated heterocycles. The first-order chi connectivity index (χ1) is 10.1. The molecule has 0 atom stereocenters. The van der Waals surface area contributed by atoms with Gasteiger partial charge in [0.2, 0.25) is 5.91 Å². The molecule has 0 aliphatic carbocycles. The average Bonchev–Trinajstić information content (AvgIpc) is 2.49. The summed E-state index contributed by atoms with van der Waals surface area (Å²) in [6.45, 7) is 0.677. The molecule has 5 heteroatoms. The van der Waals surface area contributed by atoms with Crippen LogP contribution in [0.25, 0.3) is 0 Å². The number of halogens is 2. The van der Waals surface area contributed by atoms with Crippen molar-refractivity contribution >= 4 is 39.1 Å². The number of hydrogen-bond donors (Lipinski definition) is 2. The Labute approximate surface area is 137 Å². The standard InChI is InChI=1S/C16H16BrClN2O/c1-19-16(21)8-11-2-5-14(6-3-11)20-10-12-9-13(18)4-7-15(12)17/h2-7,9,20H,8,10H2,1H3,(H,19,21). The van der Waals surface area contributed by atoms with Crippen LogP contribution in [0.15, 0.2) is 46.9 Å². The maximum Gasteiger partial charge on any atom is 0.224 e. The highest BCUT2D eigenvalue weighted by atomic mass is 79.9. The second kappa shape index (κ2) is 7.48. The summed E-state index contributed by atoms with van der Waals surface area (Å²) < 4.78 is 1.02. The zero-order valence-corrected chi connectivity index (χ0v) is 14.0. The first kappa shape index (κ1) is 15.9. The molecule has 1 amide bonds. The Hall–Kier alpha value is -1.52. The molecule has 0 unspecified atom stereocenters. The molecule has 0 aliphatic heterocycles. The van der Waals surface area contributed by atoms with Gasteiger partial charge in [-0.25, -0.2) is 0 Å². The van der Waals surface area contributed by atoms with Crippen LogP contribution >= 0.6 is 27.5 Å². The lowest BCUT2D eigenvalue weighted by Gasteiger charge is -2.09. The van der Waals surface area contributed by atoms with Crippen LogP contribution in [-0.2, 0) is 17.8 Å². The van der Waals surface area contributed by atoms with Crippen molar-refractivity contribution in [3.8, 4) is 0 Å². The predicted molar refractivity (Wildman–Crippen MR) is 90.7 cm³/mol. The molecule has 2 rings (SSSR count). The minimum Gasteiger partial charge on any atom is -0.381 e. The third-order valence-corrected chi connectivity index (χ3v) is 4.10.